The lowest BCUT2D eigenvalue weighted by Gasteiger charge is -2.29. The van der Waals surface area contributed by atoms with Crippen LogP contribution in [0.1, 0.15) is 174 Å². The molecule has 368 valence electrons. The van der Waals surface area contributed by atoms with Crippen LogP contribution >= 0.6 is 0 Å². The Labute approximate surface area is 381 Å². The molecule has 14 heteroatoms. The Morgan fingerprint density at radius 3 is 1.21 bits per heavy atom. The summed E-state index contributed by atoms with van der Waals surface area (Å²) in [5.41, 5.74) is -2.23. The Balaban J connectivity index is 4.94. The zero-order valence-corrected chi connectivity index (χ0v) is 42.1. The molecule has 0 spiro atoms. The van der Waals surface area contributed by atoms with Crippen molar-refractivity contribution in [3.05, 3.63) is 24.7 Å². The predicted molar refractivity (Wildman–Crippen MR) is 246 cm³/mol. The van der Waals surface area contributed by atoms with E-state index in [1.165, 1.54) is 0 Å². The van der Waals surface area contributed by atoms with Crippen molar-refractivity contribution in [3.8, 4) is 0 Å². The third-order valence-corrected chi connectivity index (χ3v) is 9.32. The largest absolute Gasteiger partial charge is 0.497 e. The molecular weight excluding hydrogens is 811 g/mol. The van der Waals surface area contributed by atoms with Crippen LogP contribution in [0.25, 0.3) is 0 Å². The Bertz CT molecular complexity index is 1290. The summed E-state index contributed by atoms with van der Waals surface area (Å²) in [6, 6.07) is 0. The minimum atomic E-state index is -0.686. The number of carbonyl (C=O) groups is 4. The second kappa shape index (κ2) is 30.1. The first-order valence-electron chi connectivity index (χ1n) is 23.0. The van der Waals surface area contributed by atoms with Gasteiger partial charge in [-0.2, -0.15) is 0 Å². The SMILES string of the molecule is C=C(CCCC(=C)OC(C)(C)CCOC(C)(C)C)OCCN(CCOC(=O)CCCC(=O)OC(C)(C)CCOC(C)C)CCOC(=O)CCCC(=O)OC(C)(C)CCOC(C)(C)C. The quantitative estimate of drug-likeness (QED) is 0.0333. The summed E-state index contributed by atoms with van der Waals surface area (Å²) in [5, 5.41) is 0. The van der Waals surface area contributed by atoms with Crippen molar-refractivity contribution in [2.45, 2.75) is 208 Å². The molecule has 63 heavy (non-hydrogen) atoms. The van der Waals surface area contributed by atoms with Gasteiger partial charge in [-0.1, -0.05) is 13.2 Å². The van der Waals surface area contributed by atoms with Gasteiger partial charge < -0.3 is 42.6 Å². The molecule has 0 aliphatic rings. The first-order chi connectivity index (χ1) is 29.0. The molecule has 0 aromatic carbocycles. The van der Waals surface area contributed by atoms with Gasteiger partial charge in [0.2, 0.25) is 0 Å². The van der Waals surface area contributed by atoms with Crippen LogP contribution in [0.5, 0.6) is 0 Å². The van der Waals surface area contributed by atoms with Gasteiger partial charge in [-0.25, -0.2) is 0 Å². The van der Waals surface area contributed by atoms with E-state index in [0.29, 0.717) is 96.1 Å². The van der Waals surface area contributed by atoms with Crippen LogP contribution in [0.4, 0.5) is 0 Å². The summed E-state index contributed by atoms with van der Waals surface area (Å²) in [6.45, 7) is 38.7. The zero-order valence-electron chi connectivity index (χ0n) is 42.1. The van der Waals surface area contributed by atoms with E-state index in [2.05, 4.69) is 13.2 Å². The fourth-order valence-electron chi connectivity index (χ4n) is 5.74. The van der Waals surface area contributed by atoms with Gasteiger partial charge in [-0.05, 0) is 116 Å². The molecule has 0 aliphatic heterocycles. The highest BCUT2D eigenvalue weighted by Gasteiger charge is 2.26. The Hall–Kier alpha value is -3.20. The third-order valence-electron chi connectivity index (χ3n) is 9.32. The molecular formula is C49H89NO13. The molecule has 0 aromatic rings. The van der Waals surface area contributed by atoms with Gasteiger partial charge in [-0.3, -0.25) is 24.1 Å². The van der Waals surface area contributed by atoms with E-state index in [1.807, 2.05) is 102 Å². The van der Waals surface area contributed by atoms with Crippen molar-refractivity contribution < 1.29 is 61.8 Å². The standard InChI is InChI=1S/C49H89NO13/c1-38(2)55-32-26-48(13,14)62-43(53)24-18-22-41(51)57-36-30-50(29-35-56-39(3)20-17-21-40(4)61-47(11,12)27-33-59-45(5,6)7)31-37-58-42(52)23-19-25-44(54)63-49(15,16)28-34-60-46(8,9)10/h38H,3-4,17-37H2,1-2,5-16H3. The van der Waals surface area contributed by atoms with Gasteiger partial charge in [0.05, 0.1) is 48.6 Å². The van der Waals surface area contributed by atoms with Crippen LogP contribution in [0.15, 0.2) is 24.7 Å². The minimum absolute atomic E-state index is 0.0708. The number of rotatable bonds is 36. The molecule has 0 unspecified atom stereocenters. The lowest BCUT2D eigenvalue weighted by molar-refractivity contribution is -0.160. The summed E-state index contributed by atoms with van der Waals surface area (Å²) in [4.78, 5) is 52.0. The van der Waals surface area contributed by atoms with E-state index in [-0.39, 0.29) is 68.1 Å². The Morgan fingerprint density at radius 2 is 0.794 bits per heavy atom. The molecule has 0 amide bonds. The van der Waals surface area contributed by atoms with Crippen molar-refractivity contribution in [3.63, 3.8) is 0 Å². The molecule has 0 aliphatic carbocycles. The smallest absolute Gasteiger partial charge is 0.306 e. The molecule has 0 rings (SSSR count). The van der Waals surface area contributed by atoms with Gasteiger partial charge in [0, 0.05) is 77.4 Å². The maximum Gasteiger partial charge on any atom is 0.306 e. The van der Waals surface area contributed by atoms with E-state index in [4.69, 9.17) is 42.6 Å². The molecule has 0 aromatic heterocycles. The van der Waals surface area contributed by atoms with Crippen LogP contribution in [0.2, 0.25) is 0 Å². The van der Waals surface area contributed by atoms with Crippen LogP contribution in [-0.2, 0) is 61.8 Å². The maximum absolute atomic E-state index is 12.6. The monoisotopic (exact) mass is 900 g/mol. The highest BCUT2D eigenvalue weighted by molar-refractivity contribution is 5.73. The van der Waals surface area contributed by atoms with E-state index < -0.39 is 28.7 Å². The number of hydrogen-bond acceptors (Lipinski definition) is 14. The summed E-state index contributed by atoms with van der Waals surface area (Å²) in [7, 11) is 0. The van der Waals surface area contributed by atoms with Crippen LogP contribution in [0.3, 0.4) is 0 Å². The summed E-state index contributed by atoms with van der Waals surface area (Å²) in [6.07, 6.45) is 4.94. The normalized spacial score (nSPS) is 12.6. The maximum atomic E-state index is 12.6. The van der Waals surface area contributed by atoms with Crippen LogP contribution in [-0.4, -0.2) is 122 Å². The lowest BCUT2D eigenvalue weighted by atomic mass is 10.1. The van der Waals surface area contributed by atoms with Gasteiger partial charge in [0.25, 0.3) is 0 Å². The highest BCUT2D eigenvalue weighted by atomic mass is 16.6. The van der Waals surface area contributed by atoms with Crippen molar-refractivity contribution in [2.24, 2.45) is 0 Å². The summed E-state index contributed by atoms with van der Waals surface area (Å²) >= 11 is 0. The summed E-state index contributed by atoms with van der Waals surface area (Å²) in [5.74, 6) is -0.263. The predicted octanol–water partition coefficient (Wildman–Crippen LogP) is 9.59. The number of ether oxygens (including phenoxy) is 9. The molecule has 0 heterocycles. The third kappa shape index (κ3) is 37.8. The van der Waals surface area contributed by atoms with Crippen molar-refractivity contribution in [1.82, 2.24) is 4.90 Å². The van der Waals surface area contributed by atoms with E-state index in [1.54, 1.807) is 0 Å². The fraction of sp³-hybridized carbons (Fsp3) is 0.837. The Kier molecular flexibility index (Phi) is 28.6. The van der Waals surface area contributed by atoms with Gasteiger partial charge in [0.15, 0.2) is 0 Å². The minimum Gasteiger partial charge on any atom is -0.497 e. The molecule has 0 radical (unpaired) electrons. The number of nitrogens with zero attached hydrogens (tertiary/aromatic N) is 1. The molecule has 0 saturated carbocycles. The van der Waals surface area contributed by atoms with E-state index in [0.717, 1.165) is 12.8 Å². The number of hydrogen-bond donors (Lipinski definition) is 0. The van der Waals surface area contributed by atoms with Gasteiger partial charge in [-0.15, -0.1) is 0 Å². The van der Waals surface area contributed by atoms with Crippen molar-refractivity contribution in [2.75, 3.05) is 59.3 Å². The van der Waals surface area contributed by atoms with Crippen LogP contribution in [0, 0.1) is 0 Å². The van der Waals surface area contributed by atoms with E-state index in [9.17, 15) is 19.2 Å². The highest BCUT2D eigenvalue weighted by Crippen LogP contribution is 2.24. The van der Waals surface area contributed by atoms with Crippen molar-refractivity contribution in [1.29, 1.82) is 0 Å². The summed E-state index contributed by atoms with van der Waals surface area (Å²) < 4.78 is 51.4. The fourth-order valence-corrected chi connectivity index (χ4v) is 5.74. The van der Waals surface area contributed by atoms with Crippen molar-refractivity contribution >= 4 is 23.9 Å². The molecule has 0 N–H and O–H groups in total. The zero-order chi connectivity index (χ0) is 48.3. The molecule has 0 saturated heterocycles. The first-order valence-corrected chi connectivity index (χ1v) is 23.0. The second-order valence-electron chi connectivity index (χ2n) is 20.2. The van der Waals surface area contributed by atoms with Crippen LogP contribution < -0.4 is 0 Å². The molecule has 14 nitrogen and oxygen atoms in total. The number of allylic oxidation sites excluding steroid dienone is 2. The molecule has 0 atom stereocenters. The lowest BCUT2D eigenvalue weighted by Crippen LogP contribution is -2.34. The van der Waals surface area contributed by atoms with Gasteiger partial charge >= 0.3 is 23.9 Å². The average Bonchev–Trinajstić information content (AvgIpc) is 3.09. The van der Waals surface area contributed by atoms with E-state index >= 15 is 0 Å². The van der Waals surface area contributed by atoms with Gasteiger partial charge in [0.1, 0.15) is 36.6 Å². The Morgan fingerprint density at radius 1 is 0.444 bits per heavy atom. The first kappa shape index (κ1) is 59.8. The second-order valence-corrected chi connectivity index (χ2v) is 20.2. The number of carbonyl (C=O) groups excluding carboxylic acids is 4. The number of esters is 4. The molecule has 0 fully saturated rings. The molecule has 0 bridgehead atoms. The average molecular weight is 900 g/mol. The topological polar surface area (TPSA) is 155 Å².